The lowest BCUT2D eigenvalue weighted by Crippen LogP contribution is -2.24. The van der Waals surface area contributed by atoms with Crippen LogP contribution in [0.1, 0.15) is 28.4 Å². The number of aromatic carboxylic acids is 1. The van der Waals surface area contributed by atoms with E-state index in [1.807, 2.05) is 0 Å². The number of esters is 1. The lowest BCUT2D eigenvalue weighted by molar-refractivity contribution is -0.137. The lowest BCUT2D eigenvalue weighted by atomic mass is 10.0. The number of halogens is 3. The van der Waals surface area contributed by atoms with Gasteiger partial charge >= 0.3 is 18.1 Å². The number of nitrogens with zero attached hydrogens (tertiary/aromatic N) is 1. The summed E-state index contributed by atoms with van der Waals surface area (Å²) < 4.78 is 43.3. The van der Waals surface area contributed by atoms with Crippen LogP contribution in [0.25, 0.3) is 6.08 Å². The number of carboxylic acid groups (broad SMARTS) is 1. The Morgan fingerprint density at radius 2 is 1.61 bits per heavy atom. The monoisotopic (exact) mass is 431 g/mol. The SMILES string of the molecule is COC(=O)C1=C(C)N(c2ccc(C(F)(F)F)cc2)C(=O)/C1=C\c1ccc(C(=O)O)cc1. The van der Waals surface area contributed by atoms with Crippen LogP contribution in [0.3, 0.4) is 0 Å². The molecule has 0 atom stereocenters. The number of methoxy groups -OCH3 is 1. The zero-order valence-corrected chi connectivity index (χ0v) is 16.4. The van der Waals surface area contributed by atoms with E-state index >= 15 is 0 Å². The zero-order chi connectivity index (χ0) is 22.9. The number of amides is 1. The molecule has 31 heavy (non-hydrogen) atoms. The molecule has 0 aliphatic carbocycles. The third kappa shape index (κ3) is 4.20. The van der Waals surface area contributed by atoms with Crippen LogP contribution in [0.4, 0.5) is 18.9 Å². The van der Waals surface area contributed by atoms with E-state index in [1.165, 1.54) is 37.3 Å². The van der Waals surface area contributed by atoms with Crippen LogP contribution in [0.5, 0.6) is 0 Å². The van der Waals surface area contributed by atoms with E-state index in [0.29, 0.717) is 5.56 Å². The average molecular weight is 431 g/mol. The van der Waals surface area contributed by atoms with Crippen molar-refractivity contribution >= 4 is 29.6 Å². The van der Waals surface area contributed by atoms with Gasteiger partial charge in [-0.25, -0.2) is 9.59 Å². The van der Waals surface area contributed by atoms with Crippen molar-refractivity contribution in [1.82, 2.24) is 0 Å². The number of carbonyl (C=O) groups excluding carboxylic acids is 2. The van der Waals surface area contributed by atoms with Gasteiger partial charge in [-0.1, -0.05) is 12.1 Å². The first-order valence-electron chi connectivity index (χ1n) is 8.91. The summed E-state index contributed by atoms with van der Waals surface area (Å²) in [6.45, 7) is 1.48. The molecule has 160 valence electrons. The van der Waals surface area contributed by atoms with Gasteiger partial charge in [-0.05, 0) is 55.0 Å². The molecule has 0 radical (unpaired) electrons. The number of anilines is 1. The Hall–Kier alpha value is -3.88. The van der Waals surface area contributed by atoms with Crippen molar-refractivity contribution in [3.8, 4) is 0 Å². The molecule has 6 nitrogen and oxygen atoms in total. The van der Waals surface area contributed by atoms with Gasteiger partial charge in [-0.2, -0.15) is 13.2 Å². The summed E-state index contributed by atoms with van der Waals surface area (Å²) in [7, 11) is 1.15. The summed E-state index contributed by atoms with van der Waals surface area (Å²) in [6, 6.07) is 9.60. The minimum atomic E-state index is -4.53. The van der Waals surface area contributed by atoms with E-state index in [-0.39, 0.29) is 28.1 Å². The first kappa shape index (κ1) is 21.8. The van der Waals surface area contributed by atoms with Gasteiger partial charge in [0.15, 0.2) is 0 Å². The highest BCUT2D eigenvalue weighted by molar-refractivity contribution is 6.23. The van der Waals surface area contributed by atoms with Gasteiger partial charge in [-0.3, -0.25) is 9.69 Å². The quantitative estimate of drug-likeness (QED) is 0.577. The second kappa shape index (κ2) is 8.10. The fraction of sp³-hybridized carbons (Fsp3) is 0.136. The van der Waals surface area contributed by atoms with Gasteiger partial charge in [0.1, 0.15) is 0 Å². The molecular weight excluding hydrogens is 415 g/mol. The van der Waals surface area contributed by atoms with Gasteiger partial charge in [0.2, 0.25) is 0 Å². The highest BCUT2D eigenvalue weighted by Crippen LogP contribution is 2.37. The highest BCUT2D eigenvalue weighted by atomic mass is 19.4. The molecule has 2 aromatic rings. The van der Waals surface area contributed by atoms with Gasteiger partial charge in [0.25, 0.3) is 5.91 Å². The van der Waals surface area contributed by atoms with Crippen molar-refractivity contribution in [1.29, 1.82) is 0 Å². The molecule has 9 heteroatoms. The van der Waals surface area contributed by atoms with Gasteiger partial charge in [-0.15, -0.1) is 0 Å². The number of rotatable bonds is 4. The molecule has 1 aliphatic rings. The van der Waals surface area contributed by atoms with Gasteiger partial charge in [0, 0.05) is 11.4 Å². The molecule has 1 aliphatic heterocycles. The van der Waals surface area contributed by atoms with E-state index in [4.69, 9.17) is 9.84 Å². The molecule has 2 aromatic carbocycles. The fourth-order valence-electron chi connectivity index (χ4n) is 3.18. The molecule has 3 rings (SSSR count). The first-order chi connectivity index (χ1) is 14.5. The van der Waals surface area contributed by atoms with Crippen LogP contribution in [0, 0.1) is 0 Å². The van der Waals surface area contributed by atoms with Gasteiger partial charge < -0.3 is 9.84 Å². The topological polar surface area (TPSA) is 83.9 Å². The minimum absolute atomic E-state index is 0.0210. The predicted molar refractivity (Wildman–Crippen MR) is 105 cm³/mol. The summed E-state index contributed by atoms with van der Waals surface area (Å²) in [4.78, 5) is 37.6. The number of carboxylic acids is 1. The summed E-state index contributed by atoms with van der Waals surface area (Å²) in [6.07, 6.45) is -3.13. The Balaban J connectivity index is 2.06. The molecular formula is C22H16F3NO5. The van der Waals surface area contributed by atoms with E-state index in [0.717, 1.165) is 36.3 Å². The van der Waals surface area contributed by atoms with Crippen molar-refractivity contribution in [3.05, 3.63) is 82.1 Å². The third-order valence-corrected chi connectivity index (χ3v) is 4.71. The van der Waals surface area contributed by atoms with E-state index in [9.17, 15) is 27.6 Å². The smallest absolute Gasteiger partial charge is 0.416 e. The molecule has 0 bridgehead atoms. The molecule has 0 unspecified atom stereocenters. The van der Waals surface area contributed by atoms with Crippen molar-refractivity contribution in [2.75, 3.05) is 12.0 Å². The predicted octanol–water partition coefficient (Wildman–Crippen LogP) is 4.28. The molecule has 1 N–H and O–H groups in total. The first-order valence-corrected chi connectivity index (χ1v) is 8.91. The summed E-state index contributed by atoms with van der Waals surface area (Å²) in [5, 5.41) is 9.00. The van der Waals surface area contributed by atoms with E-state index < -0.39 is 29.6 Å². The van der Waals surface area contributed by atoms with E-state index in [1.54, 1.807) is 0 Å². The second-order valence-electron chi connectivity index (χ2n) is 6.62. The third-order valence-electron chi connectivity index (χ3n) is 4.71. The van der Waals surface area contributed by atoms with Crippen molar-refractivity contribution in [3.63, 3.8) is 0 Å². The standard InChI is InChI=1S/C22H16F3NO5/c1-12-18(21(30)31-2)17(11-13-3-5-14(6-4-13)20(28)29)19(27)26(12)16-9-7-15(8-10-16)22(23,24)25/h3-11H,1-2H3,(H,28,29)/b17-11-. The number of carbonyl (C=O) groups is 3. The Bertz CT molecular complexity index is 1110. The van der Waals surface area contributed by atoms with Gasteiger partial charge in [0.05, 0.1) is 29.4 Å². The molecule has 1 amide bonds. The molecule has 1 heterocycles. The summed E-state index contributed by atoms with van der Waals surface area (Å²) >= 11 is 0. The van der Waals surface area contributed by atoms with Crippen LogP contribution in [0.15, 0.2) is 65.4 Å². The fourth-order valence-corrected chi connectivity index (χ4v) is 3.18. The molecule has 0 saturated heterocycles. The Morgan fingerprint density at radius 3 is 2.10 bits per heavy atom. The number of alkyl halides is 3. The molecule has 0 spiro atoms. The zero-order valence-electron chi connectivity index (χ0n) is 16.4. The van der Waals surface area contributed by atoms with Crippen molar-refractivity contribution < 1.29 is 37.4 Å². The number of hydrogen-bond donors (Lipinski definition) is 1. The number of allylic oxidation sites excluding steroid dienone is 1. The summed E-state index contributed by atoms with van der Waals surface area (Å²) in [5.74, 6) is -2.52. The Kier molecular flexibility index (Phi) is 5.70. The van der Waals surface area contributed by atoms with Crippen LogP contribution in [-0.4, -0.2) is 30.1 Å². The van der Waals surface area contributed by atoms with Crippen LogP contribution < -0.4 is 4.90 Å². The molecule has 0 aromatic heterocycles. The molecule has 0 fully saturated rings. The molecule has 0 saturated carbocycles. The Morgan fingerprint density at radius 1 is 1.03 bits per heavy atom. The normalized spacial score (nSPS) is 15.6. The maximum absolute atomic E-state index is 13.1. The van der Waals surface area contributed by atoms with Crippen LogP contribution >= 0.6 is 0 Å². The highest BCUT2D eigenvalue weighted by Gasteiger charge is 2.38. The van der Waals surface area contributed by atoms with Crippen LogP contribution in [-0.2, 0) is 20.5 Å². The maximum atomic E-state index is 13.1. The summed E-state index contributed by atoms with van der Waals surface area (Å²) in [5.41, 5.74) is -0.0661. The van der Waals surface area contributed by atoms with Crippen molar-refractivity contribution in [2.45, 2.75) is 13.1 Å². The largest absolute Gasteiger partial charge is 0.478 e. The maximum Gasteiger partial charge on any atom is 0.416 e. The number of ether oxygens (including phenoxy) is 1. The lowest BCUT2D eigenvalue weighted by Gasteiger charge is -2.18. The number of benzene rings is 2. The Labute approximate surface area is 174 Å². The van der Waals surface area contributed by atoms with Crippen molar-refractivity contribution in [2.24, 2.45) is 0 Å². The minimum Gasteiger partial charge on any atom is -0.478 e. The second-order valence-corrected chi connectivity index (χ2v) is 6.62. The van der Waals surface area contributed by atoms with E-state index in [2.05, 4.69) is 0 Å². The number of hydrogen-bond acceptors (Lipinski definition) is 4. The average Bonchev–Trinajstić information content (AvgIpc) is 2.97. The van der Waals surface area contributed by atoms with Crippen LogP contribution in [0.2, 0.25) is 0 Å².